The van der Waals surface area contributed by atoms with Crippen molar-refractivity contribution in [2.45, 2.75) is 98.1 Å². The molecule has 0 saturated carbocycles. The minimum absolute atomic E-state index is 0. The Balaban J connectivity index is 0.0000122. The maximum Gasteiger partial charge on any atom is 0.341 e. The van der Waals surface area contributed by atoms with E-state index in [1.165, 1.54) is 0 Å². The Labute approximate surface area is 224 Å². The molecule has 0 heterocycles. The zero-order chi connectivity index (χ0) is 26.8. The van der Waals surface area contributed by atoms with Crippen LogP contribution in [0.5, 0.6) is 5.75 Å². The van der Waals surface area contributed by atoms with E-state index in [-0.39, 0.29) is 42.2 Å². The average Bonchev–Trinajstić information content (AvgIpc) is 2.76. The maximum atomic E-state index is 12.3. The highest BCUT2D eigenvalue weighted by molar-refractivity contribution is 5.85. The molecule has 0 fully saturated rings. The largest absolute Gasteiger partial charge is 0.482 e. The molecule has 1 unspecified atom stereocenters. The van der Waals surface area contributed by atoms with Gasteiger partial charge < -0.3 is 26.0 Å². The second kappa shape index (κ2) is 16.1. The highest BCUT2D eigenvalue weighted by Crippen LogP contribution is 2.34. The number of hydrogen-bond acceptors (Lipinski definition) is 5. The van der Waals surface area contributed by atoms with Crippen LogP contribution < -0.4 is 15.8 Å². The Morgan fingerprint density at radius 3 is 2.31 bits per heavy atom. The van der Waals surface area contributed by atoms with Gasteiger partial charge >= 0.3 is 5.97 Å². The molecule has 7 nitrogen and oxygen atoms in total. The third-order valence-electron chi connectivity index (χ3n) is 6.59. The van der Waals surface area contributed by atoms with Crippen LogP contribution in [-0.2, 0) is 21.4 Å². The molecular formula is C28H49ClN2O5. The van der Waals surface area contributed by atoms with Crippen LogP contribution in [-0.4, -0.2) is 47.4 Å². The average molecular weight is 529 g/mol. The second-order valence-electron chi connectivity index (χ2n) is 11.2. The van der Waals surface area contributed by atoms with Crippen LogP contribution in [0.25, 0.3) is 0 Å². The number of aliphatic hydroxyl groups is 1. The number of nitrogens with two attached hydrogens (primary N) is 1. The van der Waals surface area contributed by atoms with Gasteiger partial charge in [0.25, 0.3) is 0 Å². The van der Waals surface area contributed by atoms with Crippen LogP contribution >= 0.6 is 12.4 Å². The number of carboxylic acids is 1. The Morgan fingerprint density at radius 1 is 1.14 bits per heavy atom. The van der Waals surface area contributed by atoms with Crippen LogP contribution in [0.1, 0.15) is 85.3 Å². The van der Waals surface area contributed by atoms with Gasteiger partial charge in [-0.3, -0.25) is 4.79 Å². The van der Waals surface area contributed by atoms with Crippen molar-refractivity contribution < 1.29 is 24.5 Å². The molecule has 1 amide bonds. The molecule has 0 saturated heterocycles. The SMILES string of the molecule is CCCCNC(=O)C(C)C[C@H](O)[C@@H](N)C[C@H](Cc1ccc(C(C)(C)C)c(OCC(=O)O)c1)C(C)C.Cl. The van der Waals surface area contributed by atoms with Crippen molar-refractivity contribution in [2.24, 2.45) is 23.5 Å². The second-order valence-corrected chi connectivity index (χ2v) is 11.2. The molecule has 1 aromatic carbocycles. The highest BCUT2D eigenvalue weighted by atomic mass is 35.5. The molecule has 208 valence electrons. The lowest BCUT2D eigenvalue weighted by molar-refractivity contribution is -0.139. The number of rotatable bonds is 15. The molecule has 8 heteroatoms. The number of amides is 1. The normalized spacial score (nSPS) is 14.9. The summed E-state index contributed by atoms with van der Waals surface area (Å²) >= 11 is 0. The third kappa shape index (κ3) is 11.9. The number of carbonyl (C=O) groups is 2. The smallest absolute Gasteiger partial charge is 0.341 e. The highest BCUT2D eigenvalue weighted by Gasteiger charge is 2.27. The van der Waals surface area contributed by atoms with E-state index in [0.717, 1.165) is 30.4 Å². The first-order chi connectivity index (χ1) is 16.3. The van der Waals surface area contributed by atoms with Gasteiger partial charge in [-0.25, -0.2) is 4.79 Å². The summed E-state index contributed by atoms with van der Waals surface area (Å²) in [6, 6.07) is 5.57. The summed E-state index contributed by atoms with van der Waals surface area (Å²) in [5, 5.41) is 22.7. The number of aliphatic hydroxyl groups excluding tert-OH is 1. The third-order valence-corrected chi connectivity index (χ3v) is 6.59. The Kier molecular flexibility index (Phi) is 15.3. The summed E-state index contributed by atoms with van der Waals surface area (Å²) in [7, 11) is 0. The molecule has 4 atom stereocenters. The molecule has 0 spiro atoms. The van der Waals surface area contributed by atoms with Crippen molar-refractivity contribution in [3.05, 3.63) is 29.3 Å². The fourth-order valence-corrected chi connectivity index (χ4v) is 4.18. The molecule has 0 aliphatic carbocycles. The molecule has 0 radical (unpaired) electrons. The molecule has 0 bridgehead atoms. The zero-order valence-electron chi connectivity index (χ0n) is 23.2. The molecule has 1 aromatic rings. The van der Waals surface area contributed by atoms with E-state index in [0.29, 0.717) is 31.1 Å². The lowest BCUT2D eigenvalue weighted by Crippen LogP contribution is -2.41. The van der Waals surface area contributed by atoms with E-state index in [1.54, 1.807) is 0 Å². The Hall–Kier alpha value is -1.83. The first-order valence-electron chi connectivity index (χ1n) is 13.0. The number of carbonyl (C=O) groups excluding carboxylic acids is 1. The lowest BCUT2D eigenvalue weighted by Gasteiger charge is -2.29. The number of carboxylic acid groups (broad SMARTS) is 1. The Morgan fingerprint density at radius 2 is 1.78 bits per heavy atom. The topological polar surface area (TPSA) is 122 Å². The van der Waals surface area contributed by atoms with Crippen LogP contribution in [0.15, 0.2) is 18.2 Å². The van der Waals surface area contributed by atoms with Crippen molar-refractivity contribution in [1.82, 2.24) is 5.32 Å². The van der Waals surface area contributed by atoms with Gasteiger partial charge in [0.2, 0.25) is 5.91 Å². The van der Waals surface area contributed by atoms with Crippen molar-refractivity contribution >= 4 is 24.3 Å². The monoisotopic (exact) mass is 528 g/mol. The molecule has 36 heavy (non-hydrogen) atoms. The zero-order valence-corrected chi connectivity index (χ0v) is 24.0. The summed E-state index contributed by atoms with van der Waals surface area (Å²) in [5.74, 6) is -0.229. The van der Waals surface area contributed by atoms with Crippen LogP contribution in [0.2, 0.25) is 0 Å². The van der Waals surface area contributed by atoms with E-state index in [4.69, 9.17) is 15.6 Å². The number of benzene rings is 1. The van der Waals surface area contributed by atoms with Gasteiger partial charge in [0.1, 0.15) is 5.75 Å². The van der Waals surface area contributed by atoms with E-state index in [9.17, 15) is 14.7 Å². The quantitative estimate of drug-likeness (QED) is 0.245. The summed E-state index contributed by atoms with van der Waals surface area (Å²) in [4.78, 5) is 23.3. The molecule has 5 N–H and O–H groups in total. The maximum absolute atomic E-state index is 12.3. The predicted molar refractivity (Wildman–Crippen MR) is 148 cm³/mol. The fraction of sp³-hybridized carbons (Fsp3) is 0.714. The fourth-order valence-electron chi connectivity index (χ4n) is 4.18. The number of unbranched alkanes of at least 4 members (excludes halogenated alkanes) is 1. The summed E-state index contributed by atoms with van der Waals surface area (Å²) < 4.78 is 5.63. The van der Waals surface area contributed by atoms with E-state index in [2.05, 4.69) is 52.9 Å². The molecule has 0 aliphatic rings. The first kappa shape index (κ1) is 34.2. The summed E-state index contributed by atoms with van der Waals surface area (Å²) in [5.41, 5.74) is 8.22. The molecule has 1 rings (SSSR count). The van der Waals surface area contributed by atoms with Crippen LogP contribution in [0, 0.1) is 17.8 Å². The molecule has 0 aromatic heterocycles. The van der Waals surface area contributed by atoms with Crippen LogP contribution in [0.4, 0.5) is 0 Å². The van der Waals surface area contributed by atoms with Crippen molar-refractivity contribution in [3.8, 4) is 5.75 Å². The van der Waals surface area contributed by atoms with Crippen molar-refractivity contribution in [1.29, 1.82) is 0 Å². The standard InChI is InChI=1S/C28H48N2O5.ClH/c1-8-9-12-30-27(34)19(4)13-24(31)23(29)16-21(18(2)3)14-20-10-11-22(28(5,6)7)25(15-20)35-17-26(32)33;/h10-11,15,18-19,21,23-24,31H,8-9,12-14,16-17,29H2,1-7H3,(H,30,34)(H,32,33);1H/t19?,21-,23-,24-;/m0./s1. The van der Waals surface area contributed by atoms with Gasteiger partial charge in [-0.15, -0.1) is 12.4 Å². The minimum atomic E-state index is -1.01. The van der Waals surface area contributed by atoms with Crippen molar-refractivity contribution in [2.75, 3.05) is 13.2 Å². The van der Waals surface area contributed by atoms with Gasteiger partial charge in [0.05, 0.1) is 6.10 Å². The van der Waals surface area contributed by atoms with Crippen LogP contribution in [0.3, 0.4) is 0 Å². The summed E-state index contributed by atoms with van der Waals surface area (Å²) in [6.45, 7) is 14.6. The number of ether oxygens (including phenoxy) is 1. The van der Waals surface area contributed by atoms with E-state index < -0.39 is 18.1 Å². The summed E-state index contributed by atoms with van der Waals surface area (Å²) in [6.07, 6.45) is 2.88. The van der Waals surface area contributed by atoms with E-state index in [1.807, 2.05) is 19.1 Å². The molecular weight excluding hydrogens is 480 g/mol. The van der Waals surface area contributed by atoms with Gasteiger partial charge in [-0.05, 0) is 60.1 Å². The van der Waals surface area contributed by atoms with Crippen molar-refractivity contribution in [3.63, 3.8) is 0 Å². The number of nitrogens with one attached hydrogen (secondary N) is 1. The van der Waals surface area contributed by atoms with Gasteiger partial charge in [-0.2, -0.15) is 0 Å². The Bertz CT molecular complexity index is 810. The molecule has 0 aliphatic heterocycles. The lowest BCUT2D eigenvalue weighted by atomic mass is 9.81. The number of aliphatic carboxylic acids is 1. The van der Waals surface area contributed by atoms with Gasteiger partial charge in [0.15, 0.2) is 6.61 Å². The number of hydrogen-bond donors (Lipinski definition) is 4. The van der Waals surface area contributed by atoms with Gasteiger partial charge in [0, 0.05) is 18.5 Å². The predicted octanol–water partition coefficient (Wildman–Crippen LogP) is 4.70. The minimum Gasteiger partial charge on any atom is -0.482 e. The first-order valence-corrected chi connectivity index (χ1v) is 13.0. The van der Waals surface area contributed by atoms with E-state index >= 15 is 0 Å². The van der Waals surface area contributed by atoms with Gasteiger partial charge in [-0.1, -0.05) is 67.0 Å². The number of halogens is 1.